The van der Waals surface area contributed by atoms with E-state index in [0.717, 1.165) is 24.7 Å². The van der Waals surface area contributed by atoms with Gasteiger partial charge < -0.3 is 14.9 Å². The highest BCUT2D eigenvalue weighted by Gasteiger charge is 2.35. The average molecular weight is 463 g/mol. The summed E-state index contributed by atoms with van der Waals surface area (Å²) in [5.74, 6) is -0.851. The Balaban J connectivity index is 1.64. The highest BCUT2D eigenvalue weighted by molar-refractivity contribution is 5.68. The molecule has 0 aliphatic heterocycles. The Labute approximate surface area is 202 Å². The van der Waals surface area contributed by atoms with E-state index in [2.05, 4.69) is 31.2 Å². The predicted molar refractivity (Wildman–Crippen MR) is 136 cm³/mol. The van der Waals surface area contributed by atoms with Gasteiger partial charge in [0, 0.05) is 12.8 Å². The van der Waals surface area contributed by atoms with Crippen molar-refractivity contribution in [3.05, 3.63) is 24.3 Å². The maximum absolute atomic E-state index is 11.2. The van der Waals surface area contributed by atoms with E-state index >= 15 is 0 Å². The lowest BCUT2D eigenvalue weighted by atomic mass is 9.64. The number of allylic oxidation sites excluding steroid dienone is 4. The van der Waals surface area contributed by atoms with Gasteiger partial charge in [-0.3, -0.25) is 4.79 Å². The van der Waals surface area contributed by atoms with E-state index in [4.69, 9.17) is 4.74 Å². The zero-order chi connectivity index (χ0) is 24.0. The number of hydrogen-bond donors (Lipinski definition) is 2. The Bertz CT molecular complexity index is 603. The zero-order valence-corrected chi connectivity index (χ0v) is 21.4. The lowest BCUT2D eigenvalue weighted by molar-refractivity contribution is -0.205. The number of ether oxygens (including phenoxy) is 1. The van der Waals surface area contributed by atoms with Crippen molar-refractivity contribution >= 4 is 5.97 Å². The van der Waals surface area contributed by atoms with Gasteiger partial charge in [-0.2, -0.15) is 0 Å². The number of rotatable bonds is 17. The van der Waals surface area contributed by atoms with Gasteiger partial charge in [0.2, 0.25) is 0 Å². The number of carbonyl (C=O) groups is 1. The molecular formula is C29H50O4. The normalized spacial score (nSPS) is 22.8. The first-order valence-corrected chi connectivity index (χ1v) is 13.8. The average Bonchev–Trinajstić information content (AvgIpc) is 3.22. The Kier molecular flexibility index (Phi) is 12.8. The number of hydrogen-bond acceptors (Lipinski definition) is 4. The predicted octanol–water partition coefficient (Wildman–Crippen LogP) is 7.24. The van der Waals surface area contributed by atoms with Gasteiger partial charge in [0.05, 0.1) is 0 Å². The summed E-state index contributed by atoms with van der Waals surface area (Å²) < 4.78 is 4.84. The molecule has 0 aromatic carbocycles. The van der Waals surface area contributed by atoms with Crippen LogP contribution in [0.1, 0.15) is 123 Å². The summed E-state index contributed by atoms with van der Waals surface area (Å²) >= 11 is 0. The molecule has 0 saturated heterocycles. The SMILES string of the molecule is CCCCCCC1(CC=C[C@H]2CCC[C@@H]2CC=CCCCC(O)(O)COC(=O)CC)CCC1. The molecule has 0 aromatic rings. The summed E-state index contributed by atoms with van der Waals surface area (Å²) in [5.41, 5.74) is 0.627. The maximum atomic E-state index is 11.2. The molecule has 2 aliphatic carbocycles. The first-order valence-electron chi connectivity index (χ1n) is 13.8. The van der Waals surface area contributed by atoms with E-state index in [-0.39, 0.29) is 19.4 Å². The standard InChI is InChI=1S/C29H50O4/c1-3-5-6-10-19-28(21-14-22-28)20-13-18-26-17-12-16-25(26)15-9-7-8-11-23-29(31,32)24-33-27(30)4-2/h7,9,13,18,25-26,31-32H,3-6,8,10-12,14-17,19-24H2,1-2H3/t25-,26+/m0/s1. The van der Waals surface area contributed by atoms with Crippen LogP contribution >= 0.6 is 0 Å². The van der Waals surface area contributed by atoms with Crippen molar-refractivity contribution in [3.8, 4) is 0 Å². The van der Waals surface area contributed by atoms with Gasteiger partial charge >= 0.3 is 5.97 Å². The molecule has 2 N–H and O–H groups in total. The minimum absolute atomic E-state index is 0.212. The molecule has 2 saturated carbocycles. The van der Waals surface area contributed by atoms with Crippen molar-refractivity contribution in [3.63, 3.8) is 0 Å². The fourth-order valence-corrected chi connectivity index (χ4v) is 5.53. The summed E-state index contributed by atoms with van der Waals surface area (Å²) in [6, 6.07) is 0. The molecule has 0 amide bonds. The first-order chi connectivity index (χ1) is 15.9. The van der Waals surface area contributed by atoms with E-state index in [9.17, 15) is 15.0 Å². The summed E-state index contributed by atoms with van der Waals surface area (Å²) in [4.78, 5) is 11.2. The Hall–Kier alpha value is -1.13. The van der Waals surface area contributed by atoms with E-state index in [0.29, 0.717) is 11.8 Å². The molecular weight excluding hydrogens is 412 g/mol. The minimum Gasteiger partial charge on any atom is -0.460 e. The molecule has 0 heterocycles. The molecule has 0 bridgehead atoms. The number of carbonyl (C=O) groups excluding carboxylic acids is 1. The Morgan fingerprint density at radius 3 is 2.55 bits per heavy atom. The second kappa shape index (κ2) is 15.0. The van der Waals surface area contributed by atoms with Crippen molar-refractivity contribution < 1.29 is 19.7 Å². The van der Waals surface area contributed by atoms with Gasteiger partial charge in [-0.15, -0.1) is 0 Å². The summed E-state index contributed by atoms with van der Waals surface area (Å²) in [6.07, 6.45) is 29.1. The summed E-state index contributed by atoms with van der Waals surface area (Å²) in [6.45, 7) is 3.63. The lowest BCUT2D eigenvalue weighted by Gasteiger charge is -2.42. The highest BCUT2D eigenvalue weighted by Crippen LogP contribution is 2.48. The van der Waals surface area contributed by atoms with Gasteiger partial charge in [-0.1, -0.05) is 76.7 Å². The van der Waals surface area contributed by atoms with Crippen molar-refractivity contribution in [2.24, 2.45) is 17.3 Å². The molecule has 0 aromatic heterocycles. The summed E-state index contributed by atoms with van der Waals surface area (Å²) in [7, 11) is 0. The first kappa shape index (κ1) is 28.1. The van der Waals surface area contributed by atoms with Crippen LogP contribution in [-0.2, 0) is 9.53 Å². The van der Waals surface area contributed by atoms with E-state index in [1.54, 1.807) is 6.92 Å². The van der Waals surface area contributed by atoms with Crippen LogP contribution in [0.3, 0.4) is 0 Å². The third-order valence-corrected chi connectivity index (χ3v) is 7.93. The molecule has 2 rings (SSSR count). The molecule has 0 spiro atoms. The minimum atomic E-state index is -1.92. The summed E-state index contributed by atoms with van der Waals surface area (Å²) in [5, 5.41) is 19.8. The van der Waals surface area contributed by atoms with Crippen molar-refractivity contribution in [1.82, 2.24) is 0 Å². The monoisotopic (exact) mass is 462 g/mol. The quantitative estimate of drug-likeness (QED) is 0.103. The second-order valence-corrected chi connectivity index (χ2v) is 10.7. The van der Waals surface area contributed by atoms with Crippen molar-refractivity contribution in [1.29, 1.82) is 0 Å². The molecule has 190 valence electrons. The van der Waals surface area contributed by atoms with Crippen LogP contribution < -0.4 is 0 Å². The Morgan fingerprint density at radius 1 is 1.03 bits per heavy atom. The van der Waals surface area contributed by atoms with Crippen LogP contribution in [0, 0.1) is 17.3 Å². The van der Waals surface area contributed by atoms with Crippen LogP contribution in [0.15, 0.2) is 24.3 Å². The van der Waals surface area contributed by atoms with E-state index < -0.39 is 11.8 Å². The molecule has 0 unspecified atom stereocenters. The van der Waals surface area contributed by atoms with Gasteiger partial charge in [-0.05, 0) is 75.0 Å². The molecule has 33 heavy (non-hydrogen) atoms. The van der Waals surface area contributed by atoms with Crippen LogP contribution in [0.5, 0.6) is 0 Å². The van der Waals surface area contributed by atoms with E-state index in [1.807, 2.05) is 0 Å². The van der Waals surface area contributed by atoms with Gasteiger partial charge in [-0.25, -0.2) is 0 Å². The fourth-order valence-electron chi connectivity index (χ4n) is 5.53. The molecule has 2 aliphatic rings. The topological polar surface area (TPSA) is 66.8 Å². The van der Waals surface area contributed by atoms with Crippen LogP contribution in [0.4, 0.5) is 0 Å². The molecule has 2 fully saturated rings. The third kappa shape index (κ3) is 10.8. The van der Waals surface area contributed by atoms with Gasteiger partial charge in [0.15, 0.2) is 5.79 Å². The maximum Gasteiger partial charge on any atom is 0.305 e. The second-order valence-electron chi connectivity index (χ2n) is 10.7. The van der Waals surface area contributed by atoms with Crippen LogP contribution in [0.2, 0.25) is 0 Å². The van der Waals surface area contributed by atoms with Crippen molar-refractivity contribution in [2.45, 2.75) is 129 Å². The third-order valence-electron chi connectivity index (χ3n) is 7.93. The largest absolute Gasteiger partial charge is 0.460 e. The zero-order valence-electron chi connectivity index (χ0n) is 21.4. The Morgan fingerprint density at radius 2 is 1.85 bits per heavy atom. The van der Waals surface area contributed by atoms with Crippen LogP contribution in [0.25, 0.3) is 0 Å². The molecule has 2 atom stereocenters. The smallest absolute Gasteiger partial charge is 0.305 e. The van der Waals surface area contributed by atoms with Gasteiger partial charge in [0.1, 0.15) is 6.61 Å². The number of unbranched alkanes of at least 4 members (excludes halogenated alkanes) is 4. The molecule has 4 heteroatoms. The molecule has 4 nitrogen and oxygen atoms in total. The highest BCUT2D eigenvalue weighted by atomic mass is 16.6. The molecule has 0 radical (unpaired) electrons. The number of aliphatic hydroxyl groups is 2. The van der Waals surface area contributed by atoms with E-state index in [1.165, 1.54) is 77.0 Å². The lowest BCUT2D eigenvalue weighted by Crippen LogP contribution is -2.35. The van der Waals surface area contributed by atoms with Crippen molar-refractivity contribution in [2.75, 3.05) is 6.61 Å². The van der Waals surface area contributed by atoms with Crippen LogP contribution in [-0.4, -0.2) is 28.6 Å². The fraction of sp³-hybridized carbons (Fsp3) is 0.828. The van der Waals surface area contributed by atoms with Gasteiger partial charge in [0.25, 0.3) is 0 Å². The number of esters is 1.